The Balaban J connectivity index is 2.30. The molecule has 1 fully saturated rings. The van der Waals surface area contributed by atoms with Gasteiger partial charge in [0.1, 0.15) is 36.4 Å². The molecule has 1 aliphatic heterocycles. The zero-order valence-corrected chi connectivity index (χ0v) is 13.1. The van der Waals surface area contributed by atoms with Crippen LogP contribution in [0.15, 0.2) is 0 Å². The summed E-state index contributed by atoms with van der Waals surface area (Å²) in [5.74, 6) is 0.101. The lowest BCUT2D eigenvalue weighted by Crippen LogP contribution is -2.62. The zero-order valence-electron chi connectivity index (χ0n) is 13.1. The summed E-state index contributed by atoms with van der Waals surface area (Å²) in [4.78, 5) is 11.3. The summed E-state index contributed by atoms with van der Waals surface area (Å²) in [7, 11) is 1.75. The molecule has 6 N–H and O–H groups in total. The Morgan fingerprint density at radius 1 is 1.18 bits per heavy atom. The predicted octanol–water partition coefficient (Wildman–Crippen LogP) is -2.28. The number of aliphatic hydroxyl groups excluding tert-OH is 4. The number of ketones is 1. The third kappa shape index (κ3) is 5.24. The molecule has 6 atom stereocenters. The minimum Gasteiger partial charge on any atom is -0.394 e. The molecular weight excluding hydrogens is 292 g/mol. The first-order valence-corrected chi connectivity index (χ1v) is 7.64. The number of ether oxygens (including phenoxy) is 1. The van der Waals surface area contributed by atoms with Gasteiger partial charge in [-0.1, -0.05) is 6.42 Å². The maximum atomic E-state index is 11.3. The SMILES string of the molecule is CN[C@@H](CCCCNC1OC(CO)C(O)C(O)C1O)C(C)=O. The van der Waals surface area contributed by atoms with Gasteiger partial charge in [-0.25, -0.2) is 0 Å². The maximum absolute atomic E-state index is 11.3. The van der Waals surface area contributed by atoms with Crippen molar-refractivity contribution in [2.24, 2.45) is 0 Å². The number of nitrogens with one attached hydrogen (secondary N) is 2. The molecule has 0 aromatic carbocycles. The van der Waals surface area contributed by atoms with E-state index in [1.807, 2.05) is 0 Å². The molecule has 0 spiro atoms. The molecule has 0 aromatic rings. The lowest BCUT2D eigenvalue weighted by molar-refractivity contribution is -0.236. The average Bonchev–Trinajstić information content (AvgIpc) is 2.50. The predicted molar refractivity (Wildman–Crippen MR) is 79.1 cm³/mol. The maximum Gasteiger partial charge on any atom is 0.146 e. The highest BCUT2D eigenvalue weighted by molar-refractivity contribution is 5.81. The van der Waals surface area contributed by atoms with E-state index < -0.39 is 37.3 Å². The largest absolute Gasteiger partial charge is 0.394 e. The van der Waals surface area contributed by atoms with Crippen molar-refractivity contribution < 1.29 is 30.0 Å². The fourth-order valence-electron chi connectivity index (χ4n) is 2.54. The van der Waals surface area contributed by atoms with Gasteiger partial charge in [0.2, 0.25) is 0 Å². The van der Waals surface area contributed by atoms with Gasteiger partial charge in [-0.2, -0.15) is 0 Å². The Labute approximate surface area is 130 Å². The van der Waals surface area contributed by atoms with Crippen LogP contribution in [-0.4, -0.2) is 83.1 Å². The summed E-state index contributed by atoms with van der Waals surface area (Å²) in [6.07, 6.45) is -3.41. The molecule has 0 aromatic heterocycles. The van der Waals surface area contributed by atoms with Crippen LogP contribution < -0.4 is 10.6 Å². The van der Waals surface area contributed by atoms with Crippen molar-refractivity contribution in [3.8, 4) is 0 Å². The number of carbonyl (C=O) groups excluding carboxylic acids is 1. The van der Waals surface area contributed by atoms with Gasteiger partial charge in [0.05, 0.1) is 12.6 Å². The molecule has 0 radical (unpaired) electrons. The Hall–Kier alpha value is -0.610. The van der Waals surface area contributed by atoms with Crippen LogP contribution in [0.3, 0.4) is 0 Å². The molecule has 0 saturated carbocycles. The monoisotopic (exact) mass is 320 g/mol. The van der Waals surface area contributed by atoms with E-state index >= 15 is 0 Å². The Morgan fingerprint density at radius 2 is 1.86 bits per heavy atom. The first kappa shape index (κ1) is 19.4. The zero-order chi connectivity index (χ0) is 16.7. The van der Waals surface area contributed by atoms with Gasteiger partial charge in [0.25, 0.3) is 0 Å². The van der Waals surface area contributed by atoms with E-state index in [0.29, 0.717) is 6.54 Å². The van der Waals surface area contributed by atoms with Crippen LogP contribution in [0.2, 0.25) is 0 Å². The first-order valence-electron chi connectivity index (χ1n) is 7.64. The van der Waals surface area contributed by atoms with Gasteiger partial charge < -0.3 is 30.5 Å². The van der Waals surface area contributed by atoms with E-state index in [1.54, 1.807) is 14.0 Å². The van der Waals surface area contributed by atoms with Crippen molar-refractivity contribution in [2.75, 3.05) is 20.2 Å². The topological polar surface area (TPSA) is 131 Å². The van der Waals surface area contributed by atoms with Gasteiger partial charge in [-0.3, -0.25) is 10.1 Å². The van der Waals surface area contributed by atoms with Crippen LogP contribution in [-0.2, 0) is 9.53 Å². The van der Waals surface area contributed by atoms with Crippen molar-refractivity contribution in [1.29, 1.82) is 0 Å². The number of aliphatic hydroxyl groups is 4. The number of hydrogen-bond donors (Lipinski definition) is 6. The summed E-state index contributed by atoms with van der Waals surface area (Å²) in [6, 6.07) is -0.146. The Bertz CT molecular complexity index is 341. The van der Waals surface area contributed by atoms with E-state index in [1.165, 1.54) is 0 Å². The van der Waals surface area contributed by atoms with Gasteiger partial charge in [0.15, 0.2) is 0 Å². The summed E-state index contributed by atoms with van der Waals surface area (Å²) in [6.45, 7) is 1.63. The number of Topliss-reactive ketones (excluding diaryl/α,β-unsaturated/α-hetero) is 1. The van der Waals surface area contributed by atoms with Gasteiger partial charge in [-0.05, 0) is 33.4 Å². The second kappa shape index (κ2) is 9.51. The molecule has 130 valence electrons. The lowest BCUT2D eigenvalue weighted by Gasteiger charge is -2.40. The van der Waals surface area contributed by atoms with Crippen molar-refractivity contribution in [1.82, 2.24) is 10.6 Å². The van der Waals surface area contributed by atoms with E-state index in [0.717, 1.165) is 19.3 Å². The molecule has 0 aliphatic carbocycles. The van der Waals surface area contributed by atoms with Crippen molar-refractivity contribution in [3.05, 3.63) is 0 Å². The molecule has 0 amide bonds. The molecule has 8 heteroatoms. The molecule has 5 unspecified atom stereocenters. The van der Waals surface area contributed by atoms with E-state index in [-0.39, 0.29) is 11.8 Å². The second-order valence-corrected chi connectivity index (χ2v) is 5.65. The number of unbranched alkanes of at least 4 members (excludes halogenated alkanes) is 1. The van der Waals surface area contributed by atoms with Crippen LogP contribution in [0.25, 0.3) is 0 Å². The first-order chi connectivity index (χ1) is 10.4. The highest BCUT2D eigenvalue weighted by Crippen LogP contribution is 2.19. The molecule has 1 saturated heterocycles. The van der Waals surface area contributed by atoms with Crippen molar-refractivity contribution in [2.45, 2.75) is 62.9 Å². The van der Waals surface area contributed by atoms with Crippen molar-refractivity contribution >= 4 is 5.78 Å². The minimum atomic E-state index is -1.37. The number of carbonyl (C=O) groups is 1. The summed E-state index contributed by atoms with van der Waals surface area (Å²) in [5.41, 5.74) is 0. The summed E-state index contributed by atoms with van der Waals surface area (Å²) in [5, 5.41) is 44.2. The van der Waals surface area contributed by atoms with Crippen LogP contribution in [0.4, 0.5) is 0 Å². The summed E-state index contributed by atoms with van der Waals surface area (Å²) < 4.78 is 5.33. The highest BCUT2D eigenvalue weighted by atomic mass is 16.6. The fraction of sp³-hybridized carbons (Fsp3) is 0.929. The van der Waals surface area contributed by atoms with E-state index in [9.17, 15) is 20.1 Å². The number of rotatable bonds is 9. The standard InChI is InChI=1S/C14H28N2O6/c1-8(18)9(15-2)5-3-4-6-16-14-13(21)12(20)11(19)10(7-17)22-14/h9-17,19-21H,3-7H2,1-2H3/t9-,10?,11?,12?,13?,14?/m0/s1. The quantitative estimate of drug-likeness (QED) is 0.262. The van der Waals surface area contributed by atoms with Crippen LogP contribution in [0.1, 0.15) is 26.2 Å². The highest BCUT2D eigenvalue weighted by Gasteiger charge is 2.42. The van der Waals surface area contributed by atoms with Crippen molar-refractivity contribution in [3.63, 3.8) is 0 Å². The van der Waals surface area contributed by atoms with Crippen LogP contribution in [0.5, 0.6) is 0 Å². The molecule has 22 heavy (non-hydrogen) atoms. The molecule has 1 aliphatic rings. The summed E-state index contributed by atoms with van der Waals surface area (Å²) >= 11 is 0. The Morgan fingerprint density at radius 3 is 2.41 bits per heavy atom. The molecule has 0 bridgehead atoms. The van der Waals surface area contributed by atoms with Crippen LogP contribution >= 0.6 is 0 Å². The van der Waals surface area contributed by atoms with Gasteiger partial charge >= 0.3 is 0 Å². The molecular formula is C14H28N2O6. The minimum absolute atomic E-state index is 0.101. The number of hydrogen-bond acceptors (Lipinski definition) is 8. The van der Waals surface area contributed by atoms with E-state index in [4.69, 9.17) is 9.84 Å². The van der Waals surface area contributed by atoms with Gasteiger partial charge in [0, 0.05) is 0 Å². The average molecular weight is 320 g/mol. The normalized spacial score (nSPS) is 33.6. The van der Waals surface area contributed by atoms with Crippen LogP contribution in [0, 0.1) is 0 Å². The Kier molecular flexibility index (Phi) is 8.40. The van der Waals surface area contributed by atoms with E-state index in [2.05, 4.69) is 10.6 Å². The molecule has 1 heterocycles. The third-order valence-electron chi connectivity index (χ3n) is 4.00. The second-order valence-electron chi connectivity index (χ2n) is 5.65. The third-order valence-corrected chi connectivity index (χ3v) is 4.00. The smallest absolute Gasteiger partial charge is 0.146 e. The molecule has 8 nitrogen and oxygen atoms in total. The van der Waals surface area contributed by atoms with Gasteiger partial charge in [-0.15, -0.1) is 0 Å². The lowest BCUT2D eigenvalue weighted by atomic mass is 9.98. The fourth-order valence-corrected chi connectivity index (χ4v) is 2.54. The molecule has 1 rings (SSSR count). The number of likely N-dealkylation sites (N-methyl/N-ethyl adjacent to an activating group) is 1.